The third-order valence-corrected chi connectivity index (χ3v) is 5.18. The fourth-order valence-corrected chi connectivity index (χ4v) is 3.55. The first-order chi connectivity index (χ1) is 15.4. The van der Waals surface area contributed by atoms with Crippen molar-refractivity contribution in [3.63, 3.8) is 0 Å². The number of carbonyl (C=O) groups excluding carboxylic acids is 1. The number of aromatic nitrogens is 1. The van der Waals surface area contributed by atoms with E-state index in [9.17, 15) is 9.90 Å². The second-order valence-corrected chi connectivity index (χ2v) is 7.69. The van der Waals surface area contributed by atoms with E-state index in [0.29, 0.717) is 10.9 Å². The SMILES string of the molecule is N#Cc1cc(Cl)cc(Oc2c(Cl)ccc(CNC(=O)c3cc4cccc(O)c4[nH]3)c2F)c1. The van der Waals surface area contributed by atoms with Gasteiger partial charge in [0, 0.05) is 22.5 Å². The zero-order valence-electron chi connectivity index (χ0n) is 16.2. The molecule has 3 N–H and O–H groups in total. The molecule has 4 rings (SSSR count). The Morgan fingerprint density at radius 1 is 1.19 bits per heavy atom. The normalized spacial score (nSPS) is 10.7. The van der Waals surface area contributed by atoms with Crippen molar-refractivity contribution in [3.8, 4) is 23.3 Å². The summed E-state index contributed by atoms with van der Waals surface area (Å²) in [5, 5.41) is 22.5. The van der Waals surface area contributed by atoms with Gasteiger partial charge in [0.1, 0.15) is 17.2 Å². The molecule has 0 aliphatic rings. The number of para-hydroxylation sites is 1. The summed E-state index contributed by atoms with van der Waals surface area (Å²) in [6.07, 6.45) is 0. The van der Waals surface area contributed by atoms with Crippen molar-refractivity contribution < 1.29 is 19.0 Å². The number of halogens is 3. The van der Waals surface area contributed by atoms with E-state index in [1.165, 1.54) is 36.4 Å². The van der Waals surface area contributed by atoms with Crippen molar-refractivity contribution in [2.45, 2.75) is 6.54 Å². The number of phenolic OH excluding ortho intramolecular Hbond substituents is 1. The quantitative estimate of drug-likeness (QED) is 0.338. The lowest BCUT2D eigenvalue weighted by molar-refractivity contribution is 0.0946. The molecule has 3 aromatic carbocycles. The maximum Gasteiger partial charge on any atom is 0.268 e. The summed E-state index contributed by atoms with van der Waals surface area (Å²) in [4.78, 5) is 15.4. The Labute approximate surface area is 191 Å². The van der Waals surface area contributed by atoms with Crippen LogP contribution in [0.1, 0.15) is 21.6 Å². The van der Waals surface area contributed by atoms with Crippen LogP contribution in [0, 0.1) is 17.1 Å². The third kappa shape index (κ3) is 4.33. The highest BCUT2D eigenvalue weighted by atomic mass is 35.5. The van der Waals surface area contributed by atoms with Crippen molar-refractivity contribution >= 4 is 40.0 Å². The van der Waals surface area contributed by atoms with Crippen LogP contribution in [0.2, 0.25) is 10.0 Å². The highest BCUT2D eigenvalue weighted by Crippen LogP contribution is 2.35. The smallest absolute Gasteiger partial charge is 0.268 e. The number of nitrogens with zero attached hydrogens (tertiary/aromatic N) is 1. The number of hydrogen-bond donors (Lipinski definition) is 3. The van der Waals surface area contributed by atoms with Crippen LogP contribution in [0.4, 0.5) is 4.39 Å². The van der Waals surface area contributed by atoms with E-state index >= 15 is 4.39 Å². The summed E-state index contributed by atoms with van der Waals surface area (Å²) >= 11 is 12.1. The van der Waals surface area contributed by atoms with Gasteiger partial charge in [-0.3, -0.25) is 4.79 Å². The number of fused-ring (bicyclic) bond motifs is 1. The molecule has 0 aliphatic carbocycles. The summed E-state index contributed by atoms with van der Waals surface area (Å²) in [6.45, 7) is -0.140. The second-order valence-electron chi connectivity index (χ2n) is 6.85. The predicted octanol–water partition coefficient (Wildman–Crippen LogP) is 5.91. The number of phenols is 1. The van der Waals surface area contributed by atoms with E-state index in [4.69, 9.17) is 33.2 Å². The van der Waals surface area contributed by atoms with Gasteiger partial charge in [0.15, 0.2) is 11.6 Å². The lowest BCUT2D eigenvalue weighted by Crippen LogP contribution is -2.23. The van der Waals surface area contributed by atoms with Crippen molar-refractivity contribution in [1.29, 1.82) is 5.26 Å². The van der Waals surface area contributed by atoms with Gasteiger partial charge in [0.25, 0.3) is 5.91 Å². The van der Waals surface area contributed by atoms with Gasteiger partial charge in [-0.2, -0.15) is 5.26 Å². The molecule has 0 fully saturated rings. The number of carbonyl (C=O) groups is 1. The molecule has 0 aliphatic heterocycles. The minimum atomic E-state index is -0.759. The van der Waals surface area contributed by atoms with Crippen molar-refractivity contribution in [3.05, 3.63) is 87.3 Å². The summed E-state index contributed by atoms with van der Waals surface area (Å²) in [5.74, 6) is -1.32. The van der Waals surface area contributed by atoms with E-state index < -0.39 is 11.7 Å². The average molecular weight is 470 g/mol. The molecule has 0 unspecified atom stereocenters. The highest BCUT2D eigenvalue weighted by molar-refractivity contribution is 6.32. The molecule has 0 atom stereocenters. The van der Waals surface area contributed by atoms with Crippen molar-refractivity contribution in [1.82, 2.24) is 10.3 Å². The molecule has 0 spiro atoms. The van der Waals surface area contributed by atoms with E-state index in [1.807, 2.05) is 6.07 Å². The Kier molecular flexibility index (Phi) is 5.91. The van der Waals surface area contributed by atoms with E-state index in [1.54, 1.807) is 18.2 Å². The van der Waals surface area contributed by atoms with Gasteiger partial charge < -0.3 is 20.1 Å². The van der Waals surface area contributed by atoms with Crippen LogP contribution in [-0.2, 0) is 6.54 Å². The molecule has 0 saturated heterocycles. The summed E-state index contributed by atoms with van der Waals surface area (Å²) in [6, 6.07) is 15.6. The maximum absolute atomic E-state index is 15.1. The maximum atomic E-state index is 15.1. The first-order valence-electron chi connectivity index (χ1n) is 9.30. The number of nitriles is 1. The van der Waals surface area contributed by atoms with Crippen LogP contribution in [0.3, 0.4) is 0 Å². The van der Waals surface area contributed by atoms with Gasteiger partial charge in [-0.25, -0.2) is 4.39 Å². The molecule has 0 radical (unpaired) electrons. The molecule has 32 heavy (non-hydrogen) atoms. The fourth-order valence-electron chi connectivity index (χ4n) is 3.14. The number of benzene rings is 3. The Hall–Kier alpha value is -3.73. The molecule has 1 aromatic heterocycles. The predicted molar refractivity (Wildman–Crippen MR) is 119 cm³/mol. The lowest BCUT2D eigenvalue weighted by atomic mass is 10.2. The van der Waals surface area contributed by atoms with Gasteiger partial charge in [0.05, 0.1) is 22.2 Å². The zero-order chi connectivity index (χ0) is 22.8. The van der Waals surface area contributed by atoms with E-state index in [-0.39, 0.29) is 50.7 Å². The molecule has 6 nitrogen and oxygen atoms in total. The van der Waals surface area contributed by atoms with Gasteiger partial charge in [-0.1, -0.05) is 41.4 Å². The van der Waals surface area contributed by atoms with Gasteiger partial charge in [-0.15, -0.1) is 0 Å². The number of nitrogens with one attached hydrogen (secondary N) is 2. The fraction of sp³-hybridized carbons (Fsp3) is 0.0435. The number of aromatic amines is 1. The summed E-state index contributed by atoms with van der Waals surface area (Å²) < 4.78 is 20.6. The number of H-pyrrole nitrogens is 1. The molecule has 9 heteroatoms. The number of rotatable bonds is 5. The first-order valence-corrected chi connectivity index (χ1v) is 10.1. The molecular formula is C23H14Cl2FN3O3. The summed E-state index contributed by atoms with van der Waals surface area (Å²) in [7, 11) is 0. The number of amides is 1. The minimum absolute atomic E-state index is 0.0159. The van der Waals surface area contributed by atoms with Gasteiger partial charge in [-0.05, 0) is 36.4 Å². The number of ether oxygens (including phenoxy) is 1. The van der Waals surface area contributed by atoms with Gasteiger partial charge >= 0.3 is 0 Å². The highest BCUT2D eigenvalue weighted by Gasteiger charge is 2.17. The van der Waals surface area contributed by atoms with Crippen LogP contribution in [0.25, 0.3) is 10.9 Å². The molecule has 4 aromatic rings. The summed E-state index contributed by atoms with van der Waals surface area (Å²) in [5.41, 5.74) is 1.04. The van der Waals surface area contributed by atoms with E-state index in [0.717, 1.165) is 0 Å². The standard InChI is InChI=1S/C23H14Cl2FN3O3/c24-15-6-12(10-27)7-16(9-15)32-22-17(25)5-4-14(20(22)26)11-28-23(31)18-8-13-2-1-3-19(30)21(13)29-18/h1-9,29-30H,11H2,(H,28,31). The molecule has 1 amide bonds. The van der Waals surface area contributed by atoms with Gasteiger partial charge in [0.2, 0.25) is 0 Å². The minimum Gasteiger partial charge on any atom is -0.506 e. The van der Waals surface area contributed by atoms with Crippen molar-refractivity contribution in [2.24, 2.45) is 0 Å². The third-order valence-electron chi connectivity index (χ3n) is 4.67. The first kappa shape index (κ1) is 21.5. The van der Waals surface area contributed by atoms with Crippen LogP contribution in [0.15, 0.2) is 54.6 Å². The van der Waals surface area contributed by atoms with Crippen LogP contribution in [-0.4, -0.2) is 16.0 Å². The monoisotopic (exact) mass is 469 g/mol. The van der Waals surface area contributed by atoms with Crippen LogP contribution < -0.4 is 10.1 Å². The van der Waals surface area contributed by atoms with Crippen molar-refractivity contribution in [2.75, 3.05) is 0 Å². The number of hydrogen-bond acceptors (Lipinski definition) is 4. The Morgan fingerprint density at radius 3 is 2.75 bits per heavy atom. The average Bonchev–Trinajstić information content (AvgIpc) is 3.21. The molecular weight excluding hydrogens is 456 g/mol. The molecule has 1 heterocycles. The lowest BCUT2D eigenvalue weighted by Gasteiger charge is -2.13. The number of aromatic hydroxyl groups is 1. The zero-order valence-corrected chi connectivity index (χ0v) is 17.8. The second kappa shape index (κ2) is 8.79. The Morgan fingerprint density at radius 2 is 2.00 bits per heavy atom. The Balaban J connectivity index is 1.54. The largest absolute Gasteiger partial charge is 0.506 e. The molecule has 0 bridgehead atoms. The molecule has 0 saturated carbocycles. The Bertz CT molecular complexity index is 1400. The topological polar surface area (TPSA) is 98.1 Å². The van der Waals surface area contributed by atoms with E-state index in [2.05, 4.69) is 10.3 Å². The van der Waals surface area contributed by atoms with Crippen LogP contribution in [0.5, 0.6) is 17.2 Å². The van der Waals surface area contributed by atoms with Crippen LogP contribution >= 0.6 is 23.2 Å². The molecule has 160 valence electrons.